The average Bonchev–Trinajstić information content (AvgIpc) is 2.92. The predicted molar refractivity (Wildman–Crippen MR) is 149 cm³/mol. The van der Waals surface area contributed by atoms with Crippen LogP contribution in [0.1, 0.15) is 32.4 Å². The molecule has 0 fully saturated rings. The summed E-state index contributed by atoms with van der Waals surface area (Å²) in [5.74, 6) is 0.956. The van der Waals surface area contributed by atoms with Gasteiger partial charge in [0, 0.05) is 25.1 Å². The van der Waals surface area contributed by atoms with E-state index in [9.17, 15) is 9.59 Å². The van der Waals surface area contributed by atoms with Crippen LogP contribution < -0.4 is 20.7 Å². The lowest BCUT2D eigenvalue weighted by Gasteiger charge is -2.23. The number of aromatic nitrogens is 3. The van der Waals surface area contributed by atoms with Crippen LogP contribution in [-0.4, -0.2) is 39.6 Å². The molecule has 200 valence electrons. The van der Waals surface area contributed by atoms with Crippen LogP contribution in [-0.2, 0) is 9.53 Å². The van der Waals surface area contributed by atoms with Crippen LogP contribution in [0.3, 0.4) is 0 Å². The van der Waals surface area contributed by atoms with Crippen LogP contribution >= 0.6 is 0 Å². The number of rotatable bonds is 8. The van der Waals surface area contributed by atoms with Crippen LogP contribution in [0.5, 0.6) is 11.6 Å². The van der Waals surface area contributed by atoms with Crippen LogP contribution in [0.2, 0.25) is 0 Å². The number of carbonyl (C=O) groups is 2. The van der Waals surface area contributed by atoms with E-state index >= 15 is 0 Å². The lowest BCUT2D eigenvalue weighted by molar-refractivity contribution is -0.118. The van der Waals surface area contributed by atoms with E-state index in [4.69, 9.17) is 9.47 Å². The molecule has 2 heterocycles. The maximum Gasteiger partial charge on any atom is 0.408 e. The van der Waals surface area contributed by atoms with Crippen LogP contribution in [0, 0.1) is 0 Å². The molecule has 0 aliphatic carbocycles. The van der Waals surface area contributed by atoms with Crippen molar-refractivity contribution in [3.8, 4) is 22.9 Å². The van der Waals surface area contributed by atoms with Gasteiger partial charge >= 0.3 is 6.09 Å². The second-order valence-electron chi connectivity index (χ2n) is 9.48. The maximum atomic E-state index is 13.2. The molecule has 0 aliphatic rings. The first-order valence-electron chi connectivity index (χ1n) is 12.3. The Kier molecular flexibility index (Phi) is 8.35. The Balaban J connectivity index is 1.48. The minimum atomic E-state index is -0.955. The number of hydrogen-bond acceptors (Lipinski definition) is 8. The molecule has 1 unspecified atom stereocenters. The van der Waals surface area contributed by atoms with Gasteiger partial charge in [0.1, 0.15) is 17.4 Å². The number of alkyl carbamates (subject to hydrolysis) is 1. The number of nitrogens with one attached hydrogen (secondary N) is 3. The highest BCUT2D eigenvalue weighted by Crippen LogP contribution is 2.31. The highest BCUT2D eigenvalue weighted by Gasteiger charge is 2.26. The largest absolute Gasteiger partial charge is 0.444 e. The van der Waals surface area contributed by atoms with Gasteiger partial charge in [0.15, 0.2) is 0 Å². The number of pyridine rings is 1. The Labute approximate surface area is 226 Å². The zero-order valence-corrected chi connectivity index (χ0v) is 22.1. The molecule has 0 aliphatic heterocycles. The van der Waals surface area contributed by atoms with Gasteiger partial charge in [-0.25, -0.2) is 19.7 Å². The molecule has 0 saturated carbocycles. The summed E-state index contributed by atoms with van der Waals surface area (Å²) in [4.78, 5) is 38.6. The van der Waals surface area contributed by atoms with E-state index in [1.807, 2.05) is 12.1 Å². The quantitative estimate of drug-likeness (QED) is 0.272. The van der Waals surface area contributed by atoms with Crippen molar-refractivity contribution in [2.24, 2.45) is 0 Å². The molecule has 2 aromatic carbocycles. The summed E-state index contributed by atoms with van der Waals surface area (Å²) < 4.78 is 11.4. The summed E-state index contributed by atoms with van der Waals surface area (Å²) >= 11 is 0. The van der Waals surface area contributed by atoms with Gasteiger partial charge in [-0.05, 0) is 68.8 Å². The number of hydrogen-bond donors (Lipinski definition) is 3. The summed E-state index contributed by atoms with van der Waals surface area (Å²) in [7, 11) is 1.75. The lowest BCUT2D eigenvalue weighted by Crippen LogP contribution is -2.40. The molecule has 39 heavy (non-hydrogen) atoms. The summed E-state index contributed by atoms with van der Waals surface area (Å²) in [5, 5.41) is 8.43. The second-order valence-corrected chi connectivity index (χ2v) is 9.48. The third-order valence-corrected chi connectivity index (χ3v) is 5.32. The second kappa shape index (κ2) is 12.0. The zero-order chi connectivity index (χ0) is 27.8. The first kappa shape index (κ1) is 27.1. The molecular formula is C29H30N6O4. The maximum absolute atomic E-state index is 13.2. The van der Waals surface area contributed by atoms with Crippen molar-refractivity contribution in [2.75, 3.05) is 17.7 Å². The average molecular weight is 527 g/mol. The molecule has 10 heteroatoms. The molecule has 0 radical (unpaired) electrons. The summed E-state index contributed by atoms with van der Waals surface area (Å²) in [6.45, 7) is 5.28. The van der Waals surface area contributed by atoms with Crippen LogP contribution in [0.15, 0.2) is 85.2 Å². The zero-order valence-electron chi connectivity index (χ0n) is 22.1. The van der Waals surface area contributed by atoms with Gasteiger partial charge in [0.05, 0.1) is 11.3 Å². The topological polar surface area (TPSA) is 127 Å². The minimum absolute atomic E-state index is 0.376. The van der Waals surface area contributed by atoms with E-state index in [1.54, 1.807) is 101 Å². The lowest BCUT2D eigenvalue weighted by atomic mass is 10.1. The van der Waals surface area contributed by atoms with Gasteiger partial charge in [0.25, 0.3) is 5.91 Å². The highest BCUT2D eigenvalue weighted by molar-refractivity contribution is 5.97. The van der Waals surface area contributed by atoms with Crippen molar-refractivity contribution in [1.29, 1.82) is 0 Å². The van der Waals surface area contributed by atoms with Crippen molar-refractivity contribution in [3.63, 3.8) is 0 Å². The van der Waals surface area contributed by atoms with Crippen LogP contribution in [0.4, 0.5) is 16.4 Å². The van der Waals surface area contributed by atoms with E-state index in [0.29, 0.717) is 40.1 Å². The fraction of sp³-hybridized carbons (Fsp3) is 0.207. The SMILES string of the molecule is CNc1nccc(-c2cccnc2Oc2ccc(NC(=O)C(NC(=O)OC(C)(C)C)c3ccccc3)cc2)n1. The van der Waals surface area contributed by atoms with E-state index < -0.39 is 23.6 Å². The highest BCUT2D eigenvalue weighted by atomic mass is 16.6. The first-order valence-corrected chi connectivity index (χ1v) is 12.3. The molecule has 3 N–H and O–H groups in total. The fourth-order valence-corrected chi connectivity index (χ4v) is 3.60. The Morgan fingerprint density at radius 3 is 2.31 bits per heavy atom. The standard InChI is InChI=1S/C29H30N6O4/c1-29(2,3)39-28(37)35-24(19-9-6-5-7-10-19)25(36)33-20-12-14-21(15-13-20)38-26-22(11-8-17-31-26)23-16-18-32-27(30-4)34-23/h5-18,24H,1-4H3,(H,33,36)(H,35,37)(H,30,32,34). The van der Waals surface area contributed by atoms with Gasteiger partial charge in [-0.2, -0.15) is 0 Å². The van der Waals surface area contributed by atoms with Gasteiger partial charge < -0.3 is 25.4 Å². The number of carbonyl (C=O) groups excluding carboxylic acids is 2. The molecule has 0 saturated heterocycles. The molecule has 0 bridgehead atoms. The van der Waals surface area contributed by atoms with Crippen molar-refractivity contribution in [2.45, 2.75) is 32.4 Å². The Bertz CT molecular complexity index is 1420. The predicted octanol–water partition coefficient (Wildman–Crippen LogP) is 5.58. The summed E-state index contributed by atoms with van der Waals surface area (Å²) in [5.41, 5.74) is 1.80. The van der Waals surface area contributed by atoms with Crippen molar-refractivity contribution in [1.82, 2.24) is 20.3 Å². The molecule has 2 amide bonds. The number of amides is 2. The summed E-state index contributed by atoms with van der Waals surface area (Å²) in [6, 6.07) is 20.3. The molecule has 4 aromatic rings. The molecule has 2 aromatic heterocycles. The summed E-state index contributed by atoms with van der Waals surface area (Å²) in [6.07, 6.45) is 2.60. The monoisotopic (exact) mass is 526 g/mol. The van der Waals surface area contributed by atoms with E-state index in [0.717, 1.165) is 0 Å². The normalized spacial score (nSPS) is 11.7. The number of anilines is 2. The van der Waals surface area contributed by atoms with Crippen LogP contribution in [0.25, 0.3) is 11.3 Å². The third-order valence-electron chi connectivity index (χ3n) is 5.32. The number of benzene rings is 2. The molecule has 4 rings (SSSR count). The van der Waals surface area contributed by atoms with E-state index in [-0.39, 0.29) is 0 Å². The molecule has 10 nitrogen and oxygen atoms in total. The van der Waals surface area contributed by atoms with E-state index in [2.05, 4.69) is 30.9 Å². The fourth-order valence-electron chi connectivity index (χ4n) is 3.60. The van der Waals surface area contributed by atoms with Gasteiger partial charge in [0.2, 0.25) is 11.8 Å². The molecule has 0 spiro atoms. The Hall–Kier alpha value is -4.99. The van der Waals surface area contributed by atoms with Crippen molar-refractivity contribution in [3.05, 3.63) is 90.8 Å². The third kappa shape index (κ3) is 7.51. The Morgan fingerprint density at radius 1 is 0.872 bits per heavy atom. The van der Waals surface area contributed by atoms with Crippen molar-refractivity contribution >= 4 is 23.6 Å². The van der Waals surface area contributed by atoms with E-state index in [1.165, 1.54) is 0 Å². The first-order chi connectivity index (χ1) is 18.7. The number of ether oxygens (including phenoxy) is 2. The van der Waals surface area contributed by atoms with Gasteiger partial charge in [-0.3, -0.25) is 4.79 Å². The van der Waals surface area contributed by atoms with Gasteiger partial charge in [-0.15, -0.1) is 0 Å². The minimum Gasteiger partial charge on any atom is -0.444 e. The number of nitrogens with zero attached hydrogens (tertiary/aromatic N) is 3. The molecule has 1 atom stereocenters. The Morgan fingerprint density at radius 2 is 1.62 bits per heavy atom. The smallest absolute Gasteiger partial charge is 0.408 e. The van der Waals surface area contributed by atoms with Crippen molar-refractivity contribution < 1.29 is 19.1 Å². The molecular weight excluding hydrogens is 496 g/mol. The van der Waals surface area contributed by atoms with Gasteiger partial charge in [-0.1, -0.05) is 30.3 Å².